The molecule has 1 N–H and O–H groups in total. The molecule has 2 aliphatic heterocycles. The van der Waals surface area contributed by atoms with Crippen molar-refractivity contribution in [2.45, 2.75) is 43.4 Å². The van der Waals surface area contributed by atoms with Crippen molar-refractivity contribution in [3.8, 4) is 0 Å². The lowest BCUT2D eigenvalue weighted by atomic mass is 9.83. The van der Waals surface area contributed by atoms with Gasteiger partial charge in [-0.05, 0) is 30.4 Å². The van der Waals surface area contributed by atoms with Crippen molar-refractivity contribution in [2.75, 3.05) is 0 Å². The van der Waals surface area contributed by atoms with E-state index in [0.29, 0.717) is 12.8 Å². The fourth-order valence-corrected chi connectivity index (χ4v) is 4.79. The van der Waals surface area contributed by atoms with Gasteiger partial charge in [0.2, 0.25) is 0 Å². The molecule has 0 spiro atoms. The minimum Gasteiger partial charge on any atom is -0.383 e. The minimum absolute atomic E-state index is 0.119. The van der Waals surface area contributed by atoms with Gasteiger partial charge in [-0.25, -0.2) is 0 Å². The van der Waals surface area contributed by atoms with Crippen molar-refractivity contribution in [1.29, 1.82) is 0 Å². The van der Waals surface area contributed by atoms with Crippen LogP contribution in [-0.4, -0.2) is 37.8 Å². The Morgan fingerprint density at radius 3 is 2.64 bits per heavy atom. The Labute approximate surface area is 133 Å². The molecule has 22 heavy (non-hydrogen) atoms. The van der Waals surface area contributed by atoms with Gasteiger partial charge >= 0.3 is 0 Å². The first-order valence-corrected chi connectivity index (χ1v) is 8.53. The van der Waals surface area contributed by atoms with E-state index in [1.165, 1.54) is 11.3 Å². The zero-order valence-electron chi connectivity index (χ0n) is 12.5. The fourth-order valence-electron chi connectivity index (χ4n) is 4.12. The molecular weight excluding hydrogens is 298 g/mol. The van der Waals surface area contributed by atoms with Crippen LogP contribution in [0.25, 0.3) is 0 Å². The lowest BCUT2D eigenvalue weighted by molar-refractivity contribution is -0.0529. The van der Waals surface area contributed by atoms with Gasteiger partial charge in [-0.3, -0.25) is 9.48 Å². The minimum atomic E-state index is -0.872. The summed E-state index contributed by atoms with van der Waals surface area (Å²) in [5, 5.41) is 17.2. The SMILES string of the molecule is Cn1nccc1C1(O)CC2CCC(C1)N2C(=O)c1cccs1. The number of aryl methyl sites for hydroxylation is 1. The van der Waals surface area contributed by atoms with E-state index in [1.807, 2.05) is 35.5 Å². The van der Waals surface area contributed by atoms with E-state index in [1.54, 1.807) is 10.9 Å². The molecule has 2 aromatic heterocycles. The first-order chi connectivity index (χ1) is 10.6. The van der Waals surface area contributed by atoms with Crippen LogP contribution in [0.5, 0.6) is 0 Å². The van der Waals surface area contributed by atoms with Gasteiger partial charge in [-0.2, -0.15) is 5.10 Å². The number of rotatable bonds is 2. The smallest absolute Gasteiger partial charge is 0.264 e. The van der Waals surface area contributed by atoms with Gasteiger partial charge < -0.3 is 10.0 Å². The lowest BCUT2D eigenvalue weighted by Gasteiger charge is -2.43. The first-order valence-electron chi connectivity index (χ1n) is 7.65. The average molecular weight is 317 g/mol. The number of piperidine rings is 1. The summed E-state index contributed by atoms with van der Waals surface area (Å²) in [6.45, 7) is 0. The van der Waals surface area contributed by atoms with Crippen LogP contribution in [0.4, 0.5) is 0 Å². The molecule has 4 heterocycles. The highest BCUT2D eigenvalue weighted by atomic mass is 32.1. The maximum Gasteiger partial charge on any atom is 0.264 e. The Morgan fingerprint density at radius 1 is 1.36 bits per heavy atom. The molecule has 2 atom stereocenters. The van der Waals surface area contributed by atoms with Gasteiger partial charge in [0.1, 0.15) is 5.60 Å². The summed E-state index contributed by atoms with van der Waals surface area (Å²) in [4.78, 5) is 15.5. The van der Waals surface area contributed by atoms with Crippen LogP contribution in [0.3, 0.4) is 0 Å². The molecule has 6 heteroatoms. The van der Waals surface area contributed by atoms with Gasteiger partial charge in [0.15, 0.2) is 0 Å². The summed E-state index contributed by atoms with van der Waals surface area (Å²) >= 11 is 1.49. The van der Waals surface area contributed by atoms with Gasteiger partial charge in [0.25, 0.3) is 5.91 Å². The van der Waals surface area contributed by atoms with Gasteiger partial charge in [0, 0.05) is 38.2 Å². The molecule has 5 nitrogen and oxygen atoms in total. The molecule has 2 fully saturated rings. The normalized spacial score (nSPS) is 30.7. The number of amides is 1. The monoisotopic (exact) mass is 317 g/mol. The highest BCUT2D eigenvalue weighted by Gasteiger charge is 2.51. The maximum absolute atomic E-state index is 12.7. The summed E-state index contributed by atoms with van der Waals surface area (Å²) in [5.74, 6) is 0.120. The van der Waals surface area contributed by atoms with E-state index in [0.717, 1.165) is 23.4 Å². The average Bonchev–Trinajstić information content (AvgIpc) is 3.19. The summed E-state index contributed by atoms with van der Waals surface area (Å²) < 4.78 is 1.75. The standard InChI is InChI=1S/C16H19N3O2S/c1-18-14(6-7-17-18)16(21)9-11-4-5-12(10-16)19(11)15(20)13-3-2-8-22-13/h2-3,6-8,11-12,21H,4-5,9-10H2,1H3. The molecule has 2 unspecified atom stereocenters. The van der Waals surface area contributed by atoms with Crippen LogP contribution >= 0.6 is 11.3 Å². The highest BCUT2D eigenvalue weighted by molar-refractivity contribution is 7.12. The Bertz CT molecular complexity index is 680. The van der Waals surface area contributed by atoms with Crippen molar-refractivity contribution in [1.82, 2.24) is 14.7 Å². The number of carbonyl (C=O) groups is 1. The van der Waals surface area contributed by atoms with E-state index in [9.17, 15) is 9.90 Å². The van der Waals surface area contributed by atoms with Crippen molar-refractivity contribution in [3.05, 3.63) is 40.3 Å². The van der Waals surface area contributed by atoms with Crippen LogP contribution in [0.15, 0.2) is 29.8 Å². The molecular formula is C16H19N3O2S. The first kappa shape index (κ1) is 14.0. The van der Waals surface area contributed by atoms with Crippen LogP contribution in [-0.2, 0) is 12.6 Å². The van der Waals surface area contributed by atoms with Crippen LogP contribution in [0.2, 0.25) is 0 Å². The van der Waals surface area contributed by atoms with Crippen LogP contribution in [0, 0.1) is 0 Å². The van der Waals surface area contributed by atoms with E-state index in [2.05, 4.69) is 5.10 Å². The van der Waals surface area contributed by atoms with Crippen molar-refractivity contribution in [3.63, 3.8) is 0 Å². The second-order valence-corrected chi connectivity index (χ2v) is 7.30. The molecule has 0 aromatic carbocycles. The third kappa shape index (κ3) is 2.01. The second-order valence-electron chi connectivity index (χ2n) is 6.35. The lowest BCUT2D eigenvalue weighted by Crippen LogP contribution is -2.52. The van der Waals surface area contributed by atoms with Crippen LogP contribution in [0.1, 0.15) is 41.0 Å². The fraction of sp³-hybridized carbons (Fsp3) is 0.500. The summed E-state index contributed by atoms with van der Waals surface area (Å²) in [7, 11) is 1.86. The molecule has 4 rings (SSSR count). The van der Waals surface area contributed by atoms with Crippen LogP contribution < -0.4 is 0 Å². The molecule has 1 amide bonds. The quantitative estimate of drug-likeness (QED) is 0.923. The number of thiophene rings is 1. The van der Waals surface area contributed by atoms with Crippen molar-refractivity contribution >= 4 is 17.2 Å². The molecule has 2 bridgehead atoms. The van der Waals surface area contributed by atoms with E-state index in [-0.39, 0.29) is 18.0 Å². The van der Waals surface area contributed by atoms with Gasteiger partial charge in [0.05, 0.1) is 10.6 Å². The zero-order chi connectivity index (χ0) is 15.3. The van der Waals surface area contributed by atoms with Gasteiger partial charge in [-0.15, -0.1) is 11.3 Å². The Hall–Kier alpha value is -1.66. The maximum atomic E-state index is 12.7. The molecule has 116 valence electrons. The summed E-state index contributed by atoms with van der Waals surface area (Å²) in [6.07, 6.45) is 4.86. The van der Waals surface area contributed by atoms with E-state index < -0.39 is 5.60 Å². The molecule has 2 saturated heterocycles. The van der Waals surface area contributed by atoms with Crippen molar-refractivity contribution < 1.29 is 9.90 Å². The largest absolute Gasteiger partial charge is 0.383 e. The Kier molecular flexibility index (Phi) is 3.13. The van der Waals surface area contributed by atoms with Gasteiger partial charge in [-0.1, -0.05) is 6.07 Å². The summed E-state index contributed by atoms with van der Waals surface area (Å²) in [6, 6.07) is 5.92. The predicted octanol–water partition coefficient (Wildman–Crippen LogP) is 2.14. The molecule has 2 aromatic rings. The molecule has 0 saturated carbocycles. The zero-order valence-corrected chi connectivity index (χ0v) is 13.3. The third-order valence-electron chi connectivity index (χ3n) is 5.03. The number of nitrogens with zero attached hydrogens (tertiary/aromatic N) is 3. The summed E-state index contributed by atoms with van der Waals surface area (Å²) in [5.41, 5.74) is -0.0174. The van der Waals surface area contributed by atoms with Crippen molar-refractivity contribution in [2.24, 2.45) is 7.05 Å². The molecule has 0 aliphatic carbocycles. The number of aromatic nitrogens is 2. The molecule has 2 aliphatic rings. The third-order valence-corrected chi connectivity index (χ3v) is 5.89. The molecule has 0 radical (unpaired) electrons. The highest BCUT2D eigenvalue weighted by Crippen LogP contribution is 2.46. The Morgan fingerprint density at radius 2 is 2.09 bits per heavy atom. The predicted molar refractivity (Wildman–Crippen MR) is 83.6 cm³/mol. The Balaban J connectivity index is 1.62. The number of hydrogen-bond donors (Lipinski definition) is 1. The van der Waals surface area contributed by atoms with E-state index in [4.69, 9.17) is 0 Å². The number of carbonyl (C=O) groups excluding carboxylic acids is 1. The topological polar surface area (TPSA) is 58.4 Å². The van der Waals surface area contributed by atoms with E-state index >= 15 is 0 Å². The number of hydrogen-bond acceptors (Lipinski definition) is 4. The number of aliphatic hydroxyl groups is 1. The second kappa shape index (κ2) is 4.93. The number of fused-ring (bicyclic) bond motifs is 2.